The lowest BCUT2D eigenvalue weighted by atomic mass is 9.87. The standard InChI is InChI=1S/C25H16FN3O4S/c26-17-8-9-21-18(11-17)24(30)23(20-14-34(32,33)22-7-2-1-6-19(22)28-20)25(31)29(21)13-16-5-3-4-15(10-16)12-27/h1-11,14,23,28H,13H2. The summed E-state index contributed by atoms with van der Waals surface area (Å²) in [5, 5.41) is 13.0. The maximum atomic E-state index is 14.1. The average molecular weight is 473 g/mol. The Balaban J connectivity index is 1.62. The first-order valence-electron chi connectivity index (χ1n) is 10.3. The van der Waals surface area contributed by atoms with Crippen LogP contribution in [0, 0.1) is 23.1 Å². The molecule has 0 radical (unpaired) electrons. The highest BCUT2D eigenvalue weighted by molar-refractivity contribution is 7.94. The molecule has 0 spiro atoms. The third-order valence-electron chi connectivity index (χ3n) is 5.75. The number of amides is 1. The van der Waals surface area contributed by atoms with E-state index in [1.54, 1.807) is 36.4 Å². The Labute approximate surface area is 194 Å². The van der Waals surface area contributed by atoms with Crippen molar-refractivity contribution in [3.05, 3.63) is 100 Å². The van der Waals surface area contributed by atoms with Gasteiger partial charge >= 0.3 is 0 Å². The molecule has 168 valence electrons. The van der Waals surface area contributed by atoms with E-state index in [0.717, 1.165) is 17.5 Å². The van der Waals surface area contributed by atoms with Gasteiger partial charge < -0.3 is 10.2 Å². The molecule has 2 aliphatic heterocycles. The first-order chi connectivity index (χ1) is 16.3. The molecule has 3 aromatic rings. The van der Waals surface area contributed by atoms with Crippen molar-refractivity contribution < 1.29 is 22.4 Å². The van der Waals surface area contributed by atoms with E-state index in [1.807, 2.05) is 6.07 Å². The van der Waals surface area contributed by atoms with E-state index in [1.165, 1.54) is 23.1 Å². The first-order valence-corrected chi connectivity index (χ1v) is 11.8. The van der Waals surface area contributed by atoms with E-state index in [2.05, 4.69) is 5.32 Å². The van der Waals surface area contributed by atoms with Crippen LogP contribution in [0.5, 0.6) is 0 Å². The van der Waals surface area contributed by atoms with Gasteiger partial charge in [-0.1, -0.05) is 24.3 Å². The SMILES string of the molecule is N#Cc1cccc(CN2C(=O)C(C3=CS(=O)(=O)c4ccccc4N3)C(=O)c3cc(F)ccc32)c1. The molecule has 0 saturated carbocycles. The van der Waals surface area contributed by atoms with Gasteiger partial charge in [0, 0.05) is 11.3 Å². The van der Waals surface area contributed by atoms with Gasteiger partial charge in [0.2, 0.25) is 15.7 Å². The largest absolute Gasteiger partial charge is 0.356 e. The number of carbonyl (C=O) groups excluding carboxylic acids is 2. The Hall–Kier alpha value is -4.29. The Morgan fingerprint density at radius 3 is 2.62 bits per heavy atom. The number of rotatable bonds is 3. The number of halogens is 1. The number of anilines is 2. The van der Waals surface area contributed by atoms with Crippen LogP contribution >= 0.6 is 0 Å². The molecule has 0 aromatic heterocycles. The molecular weight excluding hydrogens is 457 g/mol. The molecule has 9 heteroatoms. The number of nitrogens with zero attached hydrogens (tertiary/aromatic N) is 2. The minimum absolute atomic E-state index is 0.00732. The number of benzene rings is 3. The van der Waals surface area contributed by atoms with Crippen LogP contribution in [-0.2, 0) is 21.2 Å². The van der Waals surface area contributed by atoms with Gasteiger partial charge in [0.1, 0.15) is 11.7 Å². The van der Waals surface area contributed by atoms with Crippen LogP contribution < -0.4 is 10.2 Å². The molecule has 1 amide bonds. The van der Waals surface area contributed by atoms with Gasteiger partial charge in [-0.25, -0.2) is 12.8 Å². The fourth-order valence-electron chi connectivity index (χ4n) is 4.22. The van der Waals surface area contributed by atoms with Crippen molar-refractivity contribution in [1.29, 1.82) is 5.26 Å². The number of carbonyl (C=O) groups is 2. The fraction of sp³-hybridized carbons (Fsp3) is 0.0800. The zero-order valence-electron chi connectivity index (χ0n) is 17.5. The van der Waals surface area contributed by atoms with Crippen LogP contribution in [-0.4, -0.2) is 20.1 Å². The lowest BCUT2D eigenvalue weighted by molar-refractivity contribution is -0.120. The van der Waals surface area contributed by atoms with E-state index in [-0.39, 0.29) is 34.1 Å². The summed E-state index contributed by atoms with van der Waals surface area (Å²) in [6.45, 7) is 0.00732. The lowest BCUT2D eigenvalue weighted by Crippen LogP contribution is -2.46. The lowest BCUT2D eigenvalue weighted by Gasteiger charge is -2.35. The van der Waals surface area contributed by atoms with Crippen molar-refractivity contribution in [3.8, 4) is 6.07 Å². The number of nitrogens with one attached hydrogen (secondary N) is 1. The number of para-hydroxylation sites is 1. The summed E-state index contributed by atoms with van der Waals surface area (Å²) in [6.07, 6.45) is 0. The predicted octanol–water partition coefficient (Wildman–Crippen LogP) is 3.78. The number of Topliss-reactive ketones (excluding diaryl/α,β-unsaturated/α-hetero) is 1. The van der Waals surface area contributed by atoms with Crippen LogP contribution in [0.3, 0.4) is 0 Å². The van der Waals surface area contributed by atoms with Crippen LogP contribution in [0.4, 0.5) is 15.8 Å². The average Bonchev–Trinajstić information content (AvgIpc) is 2.82. The third-order valence-corrected chi connectivity index (χ3v) is 7.29. The van der Waals surface area contributed by atoms with Gasteiger partial charge in [0.15, 0.2) is 5.78 Å². The van der Waals surface area contributed by atoms with E-state index in [9.17, 15) is 27.7 Å². The molecule has 7 nitrogen and oxygen atoms in total. The predicted molar refractivity (Wildman–Crippen MR) is 122 cm³/mol. The van der Waals surface area contributed by atoms with Crippen molar-refractivity contribution in [2.45, 2.75) is 11.4 Å². The van der Waals surface area contributed by atoms with Gasteiger partial charge in [0.05, 0.1) is 39.9 Å². The second-order valence-electron chi connectivity index (χ2n) is 7.93. The number of sulfone groups is 1. The zero-order chi connectivity index (χ0) is 24.0. The summed E-state index contributed by atoms with van der Waals surface area (Å²) >= 11 is 0. The van der Waals surface area contributed by atoms with Crippen LogP contribution in [0.2, 0.25) is 0 Å². The zero-order valence-corrected chi connectivity index (χ0v) is 18.3. The fourth-order valence-corrected chi connectivity index (χ4v) is 5.57. The van der Waals surface area contributed by atoms with Gasteiger partial charge in [-0.3, -0.25) is 9.59 Å². The van der Waals surface area contributed by atoms with Gasteiger partial charge in [-0.05, 0) is 48.0 Å². The normalized spacial score (nSPS) is 18.3. The maximum Gasteiger partial charge on any atom is 0.244 e. The van der Waals surface area contributed by atoms with Crippen molar-refractivity contribution in [2.24, 2.45) is 5.92 Å². The first kappa shape index (κ1) is 21.6. The van der Waals surface area contributed by atoms with Crippen molar-refractivity contribution in [2.75, 3.05) is 10.2 Å². The van der Waals surface area contributed by atoms with Crippen LogP contribution in [0.1, 0.15) is 21.5 Å². The Morgan fingerprint density at radius 1 is 1.03 bits per heavy atom. The molecule has 34 heavy (non-hydrogen) atoms. The minimum Gasteiger partial charge on any atom is -0.356 e. The highest BCUT2D eigenvalue weighted by Crippen LogP contribution is 2.39. The number of ketones is 1. The molecule has 1 atom stereocenters. The highest BCUT2D eigenvalue weighted by Gasteiger charge is 2.43. The quantitative estimate of drug-likeness (QED) is 0.580. The number of nitriles is 1. The molecule has 5 rings (SSSR count). The van der Waals surface area contributed by atoms with Crippen LogP contribution in [0.15, 0.2) is 82.7 Å². The van der Waals surface area contributed by atoms with Crippen molar-refractivity contribution in [3.63, 3.8) is 0 Å². The Morgan fingerprint density at radius 2 is 1.82 bits per heavy atom. The molecule has 0 saturated heterocycles. The van der Waals surface area contributed by atoms with E-state index in [4.69, 9.17) is 0 Å². The third kappa shape index (κ3) is 3.54. The van der Waals surface area contributed by atoms with Crippen LogP contribution in [0.25, 0.3) is 0 Å². The molecule has 2 aliphatic rings. The van der Waals surface area contributed by atoms with E-state index >= 15 is 0 Å². The molecule has 0 fully saturated rings. The van der Waals surface area contributed by atoms with Gasteiger partial charge in [-0.15, -0.1) is 0 Å². The molecule has 2 heterocycles. The molecule has 1 N–H and O–H groups in total. The second kappa shape index (κ2) is 7.93. The summed E-state index contributed by atoms with van der Waals surface area (Å²) in [5.74, 6) is -3.51. The molecular formula is C25H16FN3O4S. The molecule has 1 unspecified atom stereocenters. The number of hydrogen-bond donors (Lipinski definition) is 1. The topological polar surface area (TPSA) is 107 Å². The summed E-state index contributed by atoms with van der Waals surface area (Å²) in [4.78, 5) is 28.3. The Bertz CT molecular complexity index is 1560. The molecule has 0 bridgehead atoms. The van der Waals surface area contributed by atoms with Crippen molar-refractivity contribution >= 4 is 32.9 Å². The second-order valence-corrected chi connectivity index (χ2v) is 9.70. The van der Waals surface area contributed by atoms with E-state index < -0.39 is 33.3 Å². The summed E-state index contributed by atoms with van der Waals surface area (Å²) in [6, 6.07) is 18.4. The summed E-state index contributed by atoms with van der Waals surface area (Å²) in [7, 11) is -3.92. The number of fused-ring (bicyclic) bond motifs is 2. The Kier molecular flexibility index (Phi) is 5.03. The highest BCUT2D eigenvalue weighted by atomic mass is 32.2. The van der Waals surface area contributed by atoms with Gasteiger partial charge in [0.25, 0.3) is 0 Å². The maximum absolute atomic E-state index is 14.1. The summed E-state index contributed by atoms with van der Waals surface area (Å²) < 4.78 is 39.8. The van der Waals surface area contributed by atoms with E-state index in [0.29, 0.717) is 11.1 Å². The summed E-state index contributed by atoms with van der Waals surface area (Å²) in [5.41, 5.74) is 1.36. The smallest absolute Gasteiger partial charge is 0.244 e. The molecule has 3 aromatic carbocycles. The number of hydrogen-bond acceptors (Lipinski definition) is 6. The minimum atomic E-state index is -3.92. The molecule has 0 aliphatic carbocycles. The van der Waals surface area contributed by atoms with Gasteiger partial charge in [-0.2, -0.15) is 5.26 Å². The van der Waals surface area contributed by atoms with Crippen molar-refractivity contribution in [1.82, 2.24) is 0 Å². The monoisotopic (exact) mass is 473 g/mol.